The first-order chi connectivity index (χ1) is 14.9. The number of hydrogen-bond acceptors (Lipinski definition) is 3. The molecule has 0 atom stereocenters. The number of nitrogens with zero attached hydrogens (tertiary/aromatic N) is 2. The highest BCUT2D eigenvalue weighted by Crippen LogP contribution is 2.45. The van der Waals surface area contributed by atoms with Gasteiger partial charge < -0.3 is 4.90 Å². The fraction of sp³-hybridized carbons (Fsp3) is 0.536. The maximum atomic E-state index is 12.6. The molecule has 0 radical (unpaired) electrons. The van der Waals surface area contributed by atoms with Gasteiger partial charge in [0.05, 0.1) is 6.54 Å². The van der Waals surface area contributed by atoms with Crippen molar-refractivity contribution in [1.29, 1.82) is 0 Å². The van der Waals surface area contributed by atoms with Crippen molar-refractivity contribution in [2.75, 3.05) is 37.6 Å². The third-order valence-corrected chi connectivity index (χ3v) is 7.50. The van der Waals surface area contributed by atoms with Crippen LogP contribution in [0.3, 0.4) is 0 Å². The van der Waals surface area contributed by atoms with Gasteiger partial charge in [-0.05, 0) is 54.6 Å². The minimum absolute atomic E-state index is 0.227. The van der Waals surface area contributed by atoms with Crippen molar-refractivity contribution in [3.8, 4) is 0 Å². The Kier molecular flexibility index (Phi) is 6.81. The second-order valence-corrected chi connectivity index (χ2v) is 10.5. The number of rotatable bonds is 5. The number of piperazine rings is 1. The number of hydrogen-bond donors (Lipinski definition) is 0. The smallest absolute Gasteiger partial charge is 0.176 e. The van der Waals surface area contributed by atoms with Crippen LogP contribution in [0.4, 0.5) is 5.69 Å². The standard InChI is InChI=1S/C28H38N2O/c1-28(2,3)24-15-13-22(14-16-24)25-11-7-8-12-26(25)30-19-17-29(18-20-30)21-27(31)23-9-5-4-6-10-23/h4-12,22,24H,13-21H2,1-3H3. The SMILES string of the molecule is CC(C)(C)C1CCC(c2ccccc2N2CCN(CC(=O)c3ccccc3)CC2)CC1. The fourth-order valence-electron chi connectivity index (χ4n) is 5.46. The van der Waals surface area contributed by atoms with Gasteiger partial charge in [-0.1, -0.05) is 69.3 Å². The van der Waals surface area contributed by atoms with Crippen LogP contribution in [0.25, 0.3) is 0 Å². The van der Waals surface area contributed by atoms with Crippen LogP contribution < -0.4 is 4.90 Å². The average Bonchev–Trinajstić information content (AvgIpc) is 2.80. The van der Waals surface area contributed by atoms with Crippen molar-refractivity contribution < 1.29 is 4.79 Å². The quantitative estimate of drug-likeness (QED) is 0.556. The maximum Gasteiger partial charge on any atom is 0.176 e. The monoisotopic (exact) mass is 418 g/mol. The molecule has 1 aliphatic carbocycles. The van der Waals surface area contributed by atoms with Crippen LogP contribution in [0.5, 0.6) is 0 Å². The van der Waals surface area contributed by atoms with Crippen molar-refractivity contribution in [3.05, 3.63) is 65.7 Å². The maximum absolute atomic E-state index is 12.6. The normalized spacial score (nSPS) is 23.0. The van der Waals surface area contributed by atoms with Gasteiger partial charge in [-0.15, -0.1) is 0 Å². The molecule has 0 unspecified atom stereocenters. The molecule has 2 aromatic carbocycles. The van der Waals surface area contributed by atoms with E-state index in [1.165, 1.54) is 31.4 Å². The second-order valence-electron chi connectivity index (χ2n) is 10.5. The first kappa shape index (κ1) is 22.1. The Morgan fingerprint density at radius 3 is 2.10 bits per heavy atom. The average molecular weight is 419 g/mol. The summed E-state index contributed by atoms with van der Waals surface area (Å²) in [5.41, 5.74) is 4.22. The number of Topliss-reactive ketones (excluding diaryl/α,β-unsaturated/α-hetero) is 1. The zero-order valence-corrected chi connectivity index (χ0v) is 19.5. The topological polar surface area (TPSA) is 23.6 Å². The summed E-state index contributed by atoms with van der Waals surface area (Å²) in [5, 5.41) is 0. The molecule has 2 aliphatic rings. The molecule has 1 saturated heterocycles. The van der Waals surface area contributed by atoms with E-state index in [1.807, 2.05) is 30.3 Å². The van der Waals surface area contributed by atoms with Crippen LogP contribution >= 0.6 is 0 Å². The summed E-state index contributed by atoms with van der Waals surface area (Å²) >= 11 is 0. The first-order valence-corrected chi connectivity index (χ1v) is 12.1. The van der Waals surface area contributed by atoms with E-state index >= 15 is 0 Å². The predicted molar refractivity (Wildman–Crippen MR) is 130 cm³/mol. The van der Waals surface area contributed by atoms with Gasteiger partial charge in [0.15, 0.2) is 5.78 Å². The lowest BCUT2D eigenvalue weighted by Crippen LogP contribution is -2.48. The van der Waals surface area contributed by atoms with Crippen LogP contribution in [0, 0.1) is 11.3 Å². The number of benzene rings is 2. The number of carbonyl (C=O) groups excluding carboxylic acids is 1. The summed E-state index contributed by atoms with van der Waals surface area (Å²) in [6.45, 7) is 11.6. The predicted octanol–water partition coefficient (Wildman–Crippen LogP) is 6.01. The fourth-order valence-corrected chi connectivity index (χ4v) is 5.46. The summed E-state index contributed by atoms with van der Waals surface area (Å²) in [7, 11) is 0. The lowest BCUT2D eigenvalue weighted by Gasteiger charge is -2.40. The Bertz CT molecular complexity index is 854. The first-order valence-electron chi connectivity index (χ1n) is 12.1. The van der Waals surface area contributed by atoms with Crippen molar-refractivity contribution in [3.63, 3.8) is 0 Å². The van der Waals surface area contributed by atoms with Crippen LogP contribution in [-0.2, 0) is 0 Å². The van der Waals surface area contributed by atoms with E-state index in [0.29, 0.717) is 17.9 Å². The highest BCUT2D eigenvalue weighted by atomic mass is 16.1. The Labute approximate surface area is 188 Å². The second kappa shape index (κ2) is 9.56. The van der Waals surface area contributed by atoms with Gasteiger partial charge in [-0.3, -0.25) is 9.69 Å². The molecule has 166 valence electrons. The molecule has 0 N–H and O–H groups in total. The number of anilines is 1. The molecule has 0 spiro atoms. The van der Waals surface area contributed by atoms with Crippen molar-refractivity contribution in [2.45, 2.75) is 52.4 Å². The molecule has 3 heteroatoms. The lowest BCUT2D eigenvalue weighted by atomic mass is 9.68. The third-order valence-electron chi connectivity index (χ3n) is 7.50. The molecule has 0 aromatic heterocycles. The Morgan fingerprint density at radius 1 is 0.839 bits per heavy atom. The lowest BCUT2D eigenvalue weighted by molar-refractivity contribution is 0.0926. The molecule has 1 saturated carbocycles. The van der Waals surface area contributed by atoms with Gasteiger partial charge in [0, 0.05) is 37.4 Å². The summed E-state index contributed by atoms with van der Waals surface area (Å²) in [6, 6.07) is 18.8. The number of ketones is 1. The van der Waals surface area contributed by atoms with Gasteiger partial charge in [0.25, 0.3) is 0 Å². The highest BCUT2D eigenvalue weighted by molar-refractivity contribution is 5.97. The van der Waals surface area contributed by atoms with Crippen molar-refractivity contribution >= 4 is 11.5 Å². The molecule has 1 aliphatic heterocycles. The summed E-state index contributed by atoms with van der Waals surface area (Å²) in [5.74, 6) is 1.76. The zero-order chi connectivity index (χ0) is 21.8. The highest BCUT2D eigenvalue weighted by Gasteiger charge is 2.31. The summed E-state index contributed by atoms with van der Waals surface area (Å²) < 4.78 is 0. The molecular weight excluding hydrogens is 380 g/mol. The Morgan fingerprint density at radius 2 is 1.45 bits per heavy atom. The molecule has 31 heavy (non-hydrogen) atoms. The van der Waals surface area contributed by atoms with E-state index in [0.717, 1.165) is 37.7 Å². The minimum atomic E-state index is 0.227. The van der Waals surface area contributed by atoms with Gasteiger partial charge in [0.1, 0.15) is 0 Å². The number of carbonyl (C=O) groups is 1. The molecule has 4 rings (SSSR count). The van der Waals surface area contributed by atoms with E-state index in [2.05, 4.69) is 54.8 Å². The van der Waals surface area contributed by atoms with Gasteiger partial charge in [-0.2, -0.15) is 0 Å². The van der Waals surface area contributed by atoms with Gasteiger partial charge in [-0.25, -0.2) is 0 Å². The van der Waals surface area contributed by atoms with E-state index < -0.39 is 0 Å². The molecule has 2 aromatic rings. The zero-order valence-electron chi connectivity index (χ0n) is 19.5. The Hall–Kier alpha value is -2.13. The summed E-state index contributed by atoms with van der Waals surface area (Å²) in [4.78, 5) is 17.4. The van der Waals surface area contributed by atoms with Crippen molar-refractivity contribution in [1.82, 2.24) is 4.90 Å². The van der Waals surface area contributed by atoms with E-state index in [1.54, 1.807) is 5.56 Å². The molecule has 1 heterocycles. The van der Waals surface area contributed by atoms with E-state index in [9.17, 15) is 4.79 Å². The molecule has 0 bridgehead atoms. The molecular formula is C28H38N2O. The molecule has 3 nitrogen and oxygen atoms in total. The van der Waals surface area contributed by atoms with Crippen LogP contribution in [0.15, 0.2) is 54.6 Å². The van der Waals surface area contributed by atoms with E-state index in [-0.39, 0.29) is 5.78 Å². The third kappa shape index (κ3) is 5.38. The minimum Gasteiger partial charge on any atom is -0.369 e. The van der Waals surface area contributed by atoms with E-state index in [4.69, 9.17) is 0 Å². The Balaban J connectivity index is 1.36. The van der Waals surface area contributed by atoms with Crippen LogP contribution in [0.1, 0.15) is 68.3 Å². The number of para-hydroxylation sites is 1. The molecule has 0 amide bonds. The van der Waals surface area contributed by atoms with Gasteiger partial charge >= 0.3 is 0 Å². The largest absolute Gasteiger partial charge is 0.369 e. The van der Waals surface area contributed by atoms with Crippen molar-refractivity contribution in [2.24, 2.45) is 11.3 Å². The summed E-state index contributed by atoms with van der Waals surface area (Å²) in [6.07, 6.45) is 5.31. The van der Waals surface area contributed by atoms with Gasteiger partial charge in [0.2, 0.25) is 0 Å². The molecule has 2 fully saturated rings. The van der Waals surface area contributed by atoms with Crippen LogP contribution in [-0.4, -0.2) is 43.4 Å². The van der Waals surface area contributed by atoms with Crippen LogP contribution in [0.2, 0.25) is 0 Å².